The molecular formula is C10H15N3O2. The van der Waals surface area contributed by atoms with Crippen molar-refractivity contribution in [3.63, 3.8) is 0 Å². The zero-order valence-electron chi connectivity index (χ0n) is 8.82. The van der Waals surface area contributed by atoms with Crippen LogP contribution >= 0.6 is 0 Å². The number of nitrogens with zero attached hydrogens (tertiary/aromatic N) is 2. The zero-order valence-corrected chi connectivity index (χ0v) is 8.82. The van der Waals surface area contributed by atoms with Gasteiger partial charge in [-0.2, -0.15) is 0 Å². The van der Waals surface area contributed by atoms with E-state index < -0.39 is 0 Å². The quantitative estimate of drug-likeness (QED) is 0.760. The van der Waals surface area contributed by atoms with E-state index in [4.69, 9.17) is 4.42 Å². The Balaban J connectivity index is 2.05. The molecule has 5 nitrogen and oxygen atoms in total. The number of oxazole rings is 1. The molecule has 1 aliphatic heterocycles. The highest BCUT2D eigenvalue weighted by atomic mass is 16.3. The van der Waals surface area contributed by atoms with Gasteiger partial charge in [0.05, 0.1) is 0 Å². The fourth-order valence-electron chi connectivity index (χ4n) is 1.60. The maximum atomic E-state index is 11.9. The summed E-state index contributed by atoms with van der Waals surface area (Å²) in [6.45, 7) is 5.14. The second kappa shape index (κ2) is 4.44. The van der Waals surface area contributed by atoms with Crippen molar-refractivity contribution < 1.29 is 9.21 Å². The first-order valence-corrected chi connectivity index (χ1v) is 5.25. The molecule has 1 aliphatic rings. The molecule has 1 amide bonds. The molecule has 1 fully saturated rings. The number of piperazine rings is 1. The van der Waals surface area contributed by atoms with E-state index in [1.54, 1.807) is 4.90 Å². The van der Waals surface area contributed by atoms with Crippen molar-refractivity contribution in [2.24, 2.45) is 0 Å². The minimum atomic E-state index is -0.0278. The zero-order chi connectivity index (χ0) is 10.7. The van der Waals surface area contributed by atoms with Gasteiger partial charge in [-0.1, -0.05) is 6.92 Å². The summed E-state index contributed by atoms with van der Waals surface area (Å²) in [7, 11) is 0. The molecule has 2 rings (SSSR count). The van der Waals surface area contributed by atoms with Crippen molar-refractivity contribution in [3.05, 3.63) is 17.8 Å². The van der Waals surface area contributed by atoms with Gasteiger partial charge in [0.15, 0.2) is 11.6 Å². The second-order valence-electron chi connectivity index (χ2n) is 3.52. The number of carbonyl (C=O) groups excluding carboxylic acids is 1. The van der Waals surface area contributed by atoms with E-state index in [-0.39, 0.29) is 5.91 Å². The van der Waals surface area contributed by atoms with Crippen molar-refractivity contribution in [3.8, 4) is 0 Å². The molecule has 0 saturated carbocycles. The molecule has 0 spiro atoms. The van der Waals surface area contributed by atoms with Crippen LogP contribution in [0.2, 0.25) is 0 Å². The third-order valence-corrected chi connectivity index (χ3v) is 2.48. The van der Waals surface area contributed by atoms with Gasteiger partial charge in [0.2, 0.25) is 0 Å². The van der Waals surface area contributed by atoms with Gasteiger partial charge in [-0.05, 0) is 0 Å². The molecule has 0 radical (unpaired) electrons. The van der Waals surface area contributed by atoms with Gasteiger partial charge < -0.3 is 14.6 Å². The van der Waals surface area contributed by atoms with Gasteiger partial charge in [-0.3, -0.25) is 4.79 Å². The van der Waals surface area contributed by atoms with Crippen LogP contribution in [0.3, 0.4) is 0 Å². The molecule has 15 heavy (non-hydrogen) atoms. The number of aromatic nitrogens is 1. The Labute approximate surface area is 88.5 Å². The van der Waals surface area contributed by atoms with Crippen molar-refractivity contribution >= 4 is 5.91 Å². The Bertz CT molecular complexity index is 342. The minimum Gasteiger partial charge on any atom is -0.448 e. The highest BCUT2D eigenvalue weighted by Gasteiger charge is 2.20. The summed E-state index contributed by atoms with van der Waals surface area (Å²) in [5, 5.41) is 3.20. The van der Waals surface area contributed by atoms with Gasteiger partial charge in [0, 0.05) is 32.6 Å². The largest absolute Gasteiger partial charge is 0.448 e. The highest BCUT2D eigenvalue weighted by Crippen LogP contribution is 2.07. The second-order valence-corrected chi connectivity index (χ2v) is 3.52. The molecule has 82 valence electrons. The maximum Gasteiger partial charge on any atom is 0.275 e. The van der Waals surface area contributed by atoms with E-state index >= 15 is 0 Å². The topological polar surface area (TPSA) is 58.4 Å². The lowest BCUT2D eigenvalue weighted by Crippen LogP contribution is -2.46. The lowest BCUT2D eigenvalue weighted by molar-refractivity contribution is 0.0730. The van der Waals surface area contributed by atoms with Crippen LogP contribution in [0.15, 0.2) is 10.7 Å². The summed E-state index contributed by atoms with van der Waals surface area (Å²) in [6, 6.07) is 0. The smallest absolute Gasteiger partial charge is 0.275 e. The van der Waals surface area contributed by atoms with E-state index in [1.165, 1.54) is 6.26 Å². The van der Waals surface area contributed by atoms with Crippen molar-refractivity contribution in [2.45, 2.75) is 13.3 Å². The molecule has 1 aromatic heterocycles. The summed E-state index contributed by atoms with van der Waals surface area (Å²) < 4.78 is 5.15. The summed E-state index contributed by atoms with van der Waals surface area (Å²) in [5.41, 5.74) is 0.425. The van der Waals surface area contributed by atoms with Crippen LogP contribution in [0.25, 0.3) is 0 Å². The SMILES string of the molecule is CCc1nc(C(=O)N2CCNCC2)co1. The van der Waals surface area contributed by atoms with Crippen LogP contribution in [0, 0.1) is 0 Å². The maximum absolute atomic E-state index is 11.9. The standard InChI is InChI=1S/C10H15N3O2/c1-2-9-12-8(7-15-9)10(14)13-5-3-11-4-6-13/h7,11H,2-6H2,1H3. The van der Waals surface area contributed by atoms with E-state index in [2.05, 4.69) is 10.3 Å². The predicted octanol–water partition coefficient (Wildman–Crippen LogP) is 0.282. The summed E-state index contributed by atoms with van der Waals surface area (Å²) in [4.78, 5) is 17.8. The van der Waals surface area contributed by atoms with Crippen LogP contribution in [0.5, 0.6) is 0 Å². The number of aryl methyl sites for hydroxylation is 1. The third-order valence-electron chi connectivity index (χ3n) is 2.48. The van der Waals surface area contributed by atoms with E-state index in [1.807, 2.05) is 6.92 Å². The molecule has 1 aromatic rings. The molecule has 0 atom stereocenters. The first kappa shape index (κ1) is 10.2. The molecule has 5 heteroatoms. The molecule has 0 unspecified atom stereocenters. The van der Waals surface area contributed by atoms with Crippen molar-refractivity contribution in [1.82, 2.24) is 15.2 Å². The van der Waals surface area contributed by atoms with Gasteiger partial charge in [0.1, 0.15) is 6.26 Å². The number of hydrogen-bond acceptors (Lipinski definition) is 4. The summed E-state index contributed by atoms with van der Waals surface area (Å²) in [5.74, 6) is 0.591. The van der Waals surface area contributed by atoms with Crippen molar-refractivity contribution in [2.75, 3.05) is 26.2 Å². The predicted molar refractivity (Wildman–Crippen MR) is 54.7 cm³/mol. The Morgan fingerprint density at radius 1 is 1.60 bits per heavy atom. The van der Waals surface area contributed by atoms with E-state index in [0.717, 1.165) is 32.6 Å². The lowest BCUT2D eigenvalue weighted by atomic mass is 10.3. The van der Waals surface area contributed by atoms with Gasteiger partial charge in [0.25, 0.3) is 5.91 Å². The highest BCUT2D eigenvalue weighted by molar-refractivity contribution is 5.92. The Kier molecular flexibility index (Phi) is 3.01. The van der Waals surface area contributed by atoms with Crippen LogP contribution in [0.1, 0.15) is 23.3 Å². The van der Waals surface area contributed by atoms with E-state index in [0.29, 0.717) is 11.6 Å². The molecule has 0 aliphatic carbocycles. The fourth-order valence-corrected chi connectivity index (χ4v) is 1.60. The first-order chi connectivity index (χ1) is 7.31. The molecule has 0 bridgehead atoms. The third kappa shape index (κ3) is 2.18. The number of rotatable bonds is 2. The Morgan fingerprint density at radius 3 is 2.93 bits per heavy atom. The molecule has 1 saturated heterocycles. The number of amides is 1. The lowest BCUT2D eigenvalue weighted by Gasteiger charge is -2.26. The average molecular weight is 209 g/mol. The van der Waals surface area contributed by atoms with Gasteiger partial charge in [-0.15, -0.1) is 0 Å². The molecule has 0 aromatic carbocycles. The minimum absolute atomic E-state index is 0.0278. The van der Waals surface area contributed by atoms with Crippen LogP contribution < -0.4 is 5.32 Å². The van der Waals surface area contributed by atoms with Gasteiger partial charge in [-0.25, -0.2) is 4.98 Å². The Hall–Kier alpha value is -1.36. The van der Waals surface area contributed by atoms with Crippen LogP contribution in [0.4, 0.5) is 0 Å². The summed E-state index contributed by atoms with van der Waals surface area (Å²) in [6.07, 6.45) is 2.16. The van der Waals surface area contributed by atoms with Crippen LogP contribution in [-0.4, -0.2) is 42.0 Å². The average Bonchev–Trinajstić information content (AvgIpc) is 2.78. The van der Waals surface area contributed by atoms with E-state index in [9.17, 15) is 4.79 Å². The molecule has 2 heterocycles. The number of nitrogens with one attached hydrogen (secondary N) is 1. The van der Waals surface area contributed by atoms with Gasteiger partial charge >= 0.3 is 0 Å². The molecular weight excluding hydrogens is 194 g/mol. The number of hydrogen-bond donors (Lipinski definition) is 1. The van der Waals surface area contributed by atoms with Crippen LogP contribution in [-0.2, 0) is 6.42 Å². The monoisotopic (exact) mass is 209 g/mol. The fraction of sp³-hybridized carbons (Fsp3) is 0.600. The van der Waals surface area contributed by atoms with Crippen molar-refractivity contribution in [1.29, 1.82) is 0 Å². The Morgan fingerprint density at radius 2 is 2.33 bits per heavy atom. The number of carbonyl (C=O) groups is 1. The molecule has 1 N–H and O–H groups in total. The normalized spacial score (nSPS) is 16.7. The first-order valence-electron chi connectivity index (χ1n) is 5.25. The summed E-state index contributed by atoms with van der Waals surface area (Å²) >= 11 is 0.